The number of benzene rings is 2. The lowest BCUT2D eigenvalue weighted by atomic mass is 10.2. The van der Waals surface area contributed by atoms with Crippen LogP contribution in [0.5, 0.6) is 11.5 Å². The number of methoxy groups -OCH3 is 1. The minimum atomic E-state index is -2.96. The number of halogens is 2. The molecule has 0 bridgehead atoms. The first-order chi connectivity index (χ1) is 11.6. The van der Waals surface area contributed by atoms with Gasteiger partial charge in [0.05, 0.1) is 13.7 Å². The molecule has 128 valence electrons. The normalized spacial score (nSPS) is 10.3. The number of ether oxygens (including phenoxy) is 2. The summed E-state index contributed by atoms with van der Waals surface area (Å²) in [6.07, 6.45) is 0. The molecule has 2 rings (SSSR count). The lowest BCUT2D eigenvalue weighted by Crippen LogP contribution is -2.29. The van der Waals surface area contributed by atoms with E-state index in [9.17, 15) is 13.6 Å². The number of carbonyl (C=O) groups excluding carboxylic acids is 1. The summed E-state index contributed by atoms with van der Waals surface area (Å²) in [6.45, 7) is -2.53. The van der Waals surface area contributed by atoms with Gasteiger partial charge in [-0.15, -0.1) is 0 Å². The van der Waals surface area contributed by atoms with Crippen molar-refractivity contribution < 1.29 is 23.0 Å². The van der Waals surface area contributed by atoms with Crippen molar-refractivity contribution >= 4 is 11.6 Å². The standard InChI is InChI=1S/C17H18F2N2O3/c1-23-14-8-7-13(9-15(14)24-17(18)19)20-11-16(22)21-10-12-5-3-2-4-6-12/h2-9,17,20H,10-11H2,1H3,(H,21,22). The molecule has 0 aliphatic rings. The molecule has 0 aliphatic heterocycles. The van der Waals surface area contributed by atoms with E-state index in [2.05, 4.69) is 15.4 Å². The van der Waals surface area contributed by atoms with Crippen LogP contribution in [-0.2, 0) is 11.3 Å². The summed E-state index contributed by atoms with van der Waals surface area (Å²) in [4.78, 5) is 11.8. The Labute approximate surface area is 138 Å². The molecule has 2 N–H and O–H groups in total. The highest BCUT2D eigenvalue weighted by molar-refractivity contribution is 5.80. The Balaban J connectivity index is 1.87. The third-order valence-corrected chi connectivity index (χ3v) is 3.17. The maximum Gasteiger partial charge on any atom is 0.387 e. The predicted octanol–water partition coefficient (Wildman–Crippen LogP) is 3.02. The summed E-state index contributed by atoms with van der Waals surface area (Å²) >= 11 is 0. The van der Waals surface area contributed by atoms with Crippen molar-refractivity contribution in [3.8, 4) is 11.5 Å². The number of alkyl halides is 2. The molecule has 7 heteroatoms. The van der Waals surface area contributed by atoms with Crippen LogP contribution in [0.1, 0.15) is 5.56 Å². The van der Waals surface area contributed by atoms with Crippen molar-refractivity contribution in [1.29, 1.82) is 0 Å². The number of hydrogen-bond donors (Lipinski definition) is 2. The SMILES string of the molecule is COc1ccc(NCC(=O)NCc2ccccc2)cc1OC(F)F. The Morgan fingerprint density at radius 3 is 2.54 bits per heavy atom. The fraction of sp³-hybridized carbons (Fsp3) is 0.235. The number of amides is 1. The monoisotopic (exact) mass is 336 g/mol. The Morgan fingerprint density at radius 2 is 1.88 bits per heavy atom. The van der Waals surface area contributed by atoms with Gasteiger partial charge in [-0.1, -0.05) is 30.3 Å². The molecule has 0 fully saturated rings. The van der Waals surface area contributed by atoms with Crippen LogP contribution in [0.3, 0.4) is 0 Å². The van der Waals surface area contributed by atoms with Gasteiger partial charge >= 0.3 is 6.61 Å². The molecule has 0 saturated carbocycles. The van der Waals surface area contributed by atoms with Gasteiger partial charge in [0, 0.05) is 18.3 Å². The number of hydrogen-bond acceptors (Lipinski definition) is 4. The van der Waals surface area contributed by atoms with E-state index in [1.54, 1.807) is 6.07 Å². The van der Waals surface area contributed by atoms with Crippen molar-refractivity contribution in [3.05, 3.63) is 54.1 Å². The van der Waals surface area contributed by atoms with Crippen molar-refractivity contribution in [1.82, 2.24) is 5.32 Å². The number of nitrogens with one attached hydrogen (secondary N) is 2. The van der Waals surface area contributed by atoms with E-state index < -0.39 is 6.61 Å². The molecule has 2 aromatic carbocycles. The summed E-state index contributed by atoms with van der Waals surface area (Å²) in [5.41, 5.74) is 1.46. The maximum atomic E-state index is 12.4. The van der Waals surface area contributed by atoms with E-state index in [0.29, 0.717) is 12.2 Å². The lowest BCUT2D eigenvalue weighted by molar-refractivity contribution is -0.119. The van der Waals surface area contributed by atoms with Gasteiger partial charge < -0.3 is 20.1 Å². The van der Waals surface area contributed by atoms with Crippen molar-refractivity contribution in [2.45, 2.75) is 13.2 Å². The molecule has 24 heavy (non-hydrogen) atoms. The van der Waals surface area contributed by atoms with Gasteiger partial charge in [-0.2, -0.15) is 8.78 Å². The van der Waals surface area contributed by atoms with Gasteiger partial charge in [-0.05, 0) is 17.7 Å². The smallest absolute Gasteiger partial charge is 0.387 e. The third-order valence-electron chi connectivity index (χ3n) is 3.17. The topological polar surface area (TPSA) is 59.6 Å². The first-order valence-electron chi connectivity index (χ1n) is 7.26. The molecule has 0 atom stereocenters. The molecule has 0 aliphatic carbocycles. The third kappa shape index (κ3) is 5.42. The van der Waals surface area contributed by atoms with E-state index >= 15 is 0 Å². The highest BCUT2D eigenvalue weighted by Gasteiger charge is 2.11. The van der Waals surface area contributed by atoms with E-state index in [4.69, 9.17) is 4.74 Å². The van der Waals surface area contributed by atoms with E-state index in [1.165, 1.54) is 19.2 Å². The van der Waals surface area contributed by atoms with Crippen molar-refractivity contribution in [3.63, 3.8) is 0 Å². The van der Waals surface area contributed by atoms with E-state index in [1.807, 2.05) is 30.3 Å². The Bertz CT molecular complexity index is 666. The summed E-state index contributed by atoms with van der Waals surface area (Å²) in [7, 11) is 1.36. The van der Waals surface area contributed by atoms with Crippen molar-refractivity contribution in [2.24, 2.45) is 0 Å². The van der Waals surface area contributed by atoms with Crippen molar-refractivity contribution in [2.75, 3.05) is 19.0 Å². The van der Waals surface area contributed by atoms with Crippen LogP contribution in [0.15, 0.2) is 48.5 Å². The number of carbonyl (C=O) groups is 1. The second-order valence-corrected chi connectivity index (χ2v) is 4.86. The summed E-state index contributed by atoms with van der Waals surface area (Å²) in [5.74, 6) is -0.123. The second-order valence-electron chi connectivity index (χ2n) is 4.86. The summed E-state index contributed by atoms with van der Waals surface area (Å²) in [5, 5.41) is 5.61. The number of anilines is 1. The lowest BCUT2D eigenvalue weighted by Gasteiger charge is -2.13. The molecule has 0 saturated heterocycles. The van der Waals surface area contributed by atoms with Gasteiger partial charge in [-0.25, -0.2) is 0 Å². The molecule has 0 radical (unpaired) electrons. The quantitative estimate of drug-likeness (QED) is 0.778. The zero-order chi connectivity index (χ0) is 17.4. The average molecular weight is 336 g/mol. The molecular formula is C17H18F2N2O3. The summed E-state index contributed by atoms with van der Waals surface area (Å²) in [6, 6.07) is 14.0. The van der Waals surface area contributed by atoms with Crippen LogP contribution < -0.4 is 20.1 Å². The molecule has 2 aromatic rings. The van der Waals surface area contributed by atoms with Crippen LogP contribution in [0, 0.1) is 0 Å². The van der Waals surface area contributed by atoms with E-state index in [-0.39, 0.29) is 24.0 Å². The Kier molecular flexibility index (Phi) is 6.36. The highest BCUT2D eigenvalue weighted by Crippen LogP contribution is 2.31. The number of rotatable bonds is 8. The van der Waals surface area contributed by atoms with Gasteiger partial charge in [-0.3, -0.25) is 4.79 Å². The molecule has 0 aromatic heterocycles. The van der Waals surface area contributed by atoms with Crippen LogP contribution in [-0.4, -0.2) is 26.2 Å². The van der Waals surface area contributed by atoms with Crippen LogP contribution in [0.2, 0.25) is 0 Å². The molecule has 1 amide bonds. The zero-order valence-corrected chi connectivity index (χ0v) is 13.1. The van der Waals surface area contributed by atoms with Gasteiger partial charge in [0.1, 0.15) is 0 Å². The highest BCUT2D eigenvalue weighted by atomic mass is 19.3. The fourth-order valence-electron chi connectivity index (χ4n) is 2.02. The second kappa shape index (κ2) is 8.71. The van der Waals surface area contributed by atoms with Crippen LogP contribution in [0.4, 0.5) is 14.5 Å². The minimum absolute atomic E-state index is 0.00722. The first kappa shape index (κ1) is 17.5. The van der Waals surface area contributed by atoms with Gasteiger partial charge in [0.2, 0.25) is 5.91 Å². The molecular weight excluding hydrogens is 318 g/mol. The largest absolute Gasteiger partial charge is 0.493 e. The molecule has 0 heterocycles. The van der Waals surface area contributed by atoms with Crippen LogP contribution in [0.25, 0.3) is 0 Å². The predicted molar refractivity (Wildman–Crippen MR) is 86.4 cm³/mol. The molecule has 0 spiro atoms. The minimum Gasteiger partial charge on any atom is -0.493 e. The fourth-order valence-corrected chi connectivity index (χ4v) is 2.02. The Morgan fingerprint density at radius 1 is 1.12 bits per heavy atom. The zero-order valence-electron chi connectivity index (χ0n) is 13.1. The van der Waals surface area contributed by atoms with Crippen LogP contribution >= 0.6 is 0 Å². The molecule has 5 nitrogen and oxygen atoms in total. The van der Waals surface area contributed by atoms with Gasteiger partial charge in [0.15, 0.2) is 11.5 Å². The molecule has 0 unspecified atom stereocenters. The maximum absolute atomic E-state index is 12.4. The van der Waals surface area contributed by atoms with Gasteiger partial charge in [0.25, 0.3) is 0 Å². The average Bonchev–Trinajstić information content (AvgIpc) is 2.58. The first-order valence-corrected chi connectivity index (χ1v) is 7.26. The Hall–Kier alpha value is -2.83. The summed E-state index contributed by atoms with van der Waals surface area (Å²) < 4.78 is 34.1. The van der Waals surface area contributed by atoms with E-state index in [0.717, 1.165) is 5.56 Å².